The van der Waals surface area contributed by atoms with Crippen molar-refractivity contribution >= 4 is 11.6 Å². The molecule has 0 spiro atoms. The molecule has 0 unspecified atom stereocenters. The summed E-state index contributed by atoms with van der Waals surface area (Å²) in [6.07, 6.45) is 3.52. The fourth-order valence-electron chi connectivity index (χ4n) is 1.78. The second-order valence-electron chi connectivity index (χ2n) is 4.14. The van der Waals surface area contributed by atoms with Crippen LogP contribution < -0.4 is 10.1 Å². The molecule has 1 N–H and O–H groups in total. The zero-order valence-corrected chi connectivity index (χ0v) is 11.6. The van der Waals surface area contributed by atoms with Crippen LogP contribution in [0.4, 0.5) is 16.0 Å². The molecule has 0 aliphatic rings. The van der Waals surface area contributed by atoms with Crippen molar-refractivity contribution in [2.24, 2.45) is 0 Å². The van der Waals surface area contributed by atoms with Gasteiger partial charge in [-0.3, -0.25) is 0 Å². The fraction of sp³-hybridized carbons (Fsp3) is 0.357. The van der Waals surface area contributed by atoms with Crippen molar-refractivity contribution < 1.29 is 13.9 Å². The number of methoxy groups -OCH3 is 1. The van der Waals surface area contributed by atoms with Crippen molar-refractivity contribution in [3.63, 3.8) is 0 Å². The molecule has 0 aliphatic heterocycles. The van der Waals surface area contributed by atoms with Crippen molar-refractivity contribution in [1.29, 1.82) is 0 Å². The van der Waals surface area contributed by atoms with Gasteiger partial charge < -0.3 is 19.4 Å². The molecule has 5 nitrogen and oxygen atoms in total. The fourth-order valence-corrected chi connectivity index (χ4v) is 1.78. The number of benzene rings is 1. The second-order valence-corrected chi connectivity index (χ2v) is 4.14. The zero-order chi connectivity index (χ0) is 14.4. The van der Waals surface area contributed by atoms with Gasteiger partial charge in [0.1, 0.15) is 0 Å². The first-order valence-corrected chi connectivity index (χ1v) is 6.44. The Bertz CT molecular complexity index is 557. The Balaban J connectivity index is 2.10. The quantitative estimate of drug-likeness (QED) is 0.846. The summed E-state index contributed by atoms with van der Waals surface area (Å²) >= 11 is 0. The number of hydrogen-bond acceptors (Lipinski definition) is 4. The lowest BCUT2D eigenvalue weighted by molar-refractivity contribution is 0.188. The van der Waals surface area contributed by atoms with Crippen molar-refractivity contribution in [3.8, 4) is 5.75 Å². The highest BCUT2D eigenvalue weighted by atomic mass is 19.1. The van der Waals surface area contributed by atoms with Gasteiger partial charge in [-0.2, -0.15) is 0 Å². The number of imidazole rings is 1. The molecule has 6 heteroatoms. The number of ether oxygens (including phenoxy) is 2. The van der Waals surface area contributed by atoms with Crippen LogP contribution in [0.15, 0.2) is 30.6 Å². The maximum Gasteiger partial charge on any atom is 0.207 e. The molecule has 0 saturated carbocycles. The van der Waals surface area contributed by atoms with Crippen LogP contribution in [0.5, 0.6) is 5.75 Å². The van der Waals surface area contributed by atoms with Crippen LogP contribution in [-0.2, 0) is 11.3 Å². The predicted octanol–water partition coefficient (Wildman–Crippen LogP) is 2.81. The van der Waals surface area contributed by atoms with E-state index in [1.807, 2.05) is 17.7 Å². The number of anilines is 2. The molecule has 0 fully saturated rings. The first-order chi connectivity index (χ1) is 9.74. The third-order valence-corrected chi connectivity index (χ3v) is 2.74. The maximum absolute atomic E-state index is 13.8. The summed E-state index contributed by atoms with van der Waals surface area (Å²) in [6.45, 7) is 3.52. The van der Waals surface area contributed by atoms with Gasteiger partial charge in [-0.05, 0) is 19.1 Å². The van der Waals surface area contributed by atoms with Gasteiger partial charge >= 0.3 is 0 Å². The van der Waals surface area contributed by atoms with Crippen molar-refractivity contribution in [2.45, 2.75) is 13.5 Å². The van der Waals surface area contributed by atoms with Crippen LogP contribution in [0.3, 0.4) is 0 Å². The molecule has 0 bridgehead atoms. The average molecular weight is 279 g/mol. The first kappa shape index (κ1) is 14.3. The number of rotatable bonds is 7. The Kier molecular flexibility index (Phi) is 4.95. The Morgan fingerprint density at radius 3 is 2.95 bits per heavy atom. The van der Waals surface area contributed by atoms with Gasteiger partial charge in [0.25, 0.3) is 0 Å². The summed E-state index contributed by atoms with van der Waals surface area (Å²) in [6, 6.07) is 4.74. The highest BCUT2D eigenvalue weighted by molar-refractivity contribution is 5.55. The van der Waals surface area contributed by atoms with E-state index in [9.17, 15) is 4.39 Å². The predicted molar refractivity (Wildman–Crippen MR) is 75.0 cm³/mol. The molecule has 2 aromatic rings. The lowest BCUT2D eigenvalue weighted by atomic mass is 10.3. The second kappa shape index (κ2) is 6.91. The molecule has 1 heterocycles. The zero-order valence-electron chi connectivity index (χ0n) is 11.6. The SMILES string of the molecule is CCOc1ccc(Nc2nccn2CCOC)cc1F. The third-order valence-electron chi connectivity index (χ3n) is 2.74. The molecule has 0 amide bonds. The number of nitrogens with one attached hydrogen (secondary N) is 1. The summed E-state index contributed by atoms with van der Waals surface area (Å²) in [7, 11) is 1.64. The molecular formula is C14H18FN3O2. The van der Waals surface area contributed by atoms with E-state index in [1.165, 1.54) is 6.07 Å². The summed E-state index contributed by atoms with van der Waals surface area (Å²) in [5.41, 5.74) is 0.621. The van der Waals surface area contributed by atoms with Gasteiger partial charge in [-0.25, -0.2) is 9.37 Å². The van der Waals surface area contributed by atoms with Gasteiger partial charge in [-0.1, -0.05) is 0 Å². The van der Waals surface area contributed by atoms with Gasteiger partial charge in [-0.15, -0.1) is 0 Å². The van der Waals surface area contributed by atoms with Crippen LogP contribution in [0.2, 0.25) is 0 Å². The summed E-state index contributed by atoms with van der Waals surface area (Å²) in [5.74, 6) is 0.498. The van der Waals surface area contributed by atoms with Gasteiger partial charge in [0.05, 0.1) is 13.2 Å². The largest absolute Gasteiger partial charge is 0.491 e. The molecule has 108 valence electrons. The van der Waals surface area contributed by atoms with Crippen LogP contribution in [0, 0.1) is 5.82 Å². The standard InChI is InChI=1S/C14H18FN3O2/c1-3-20-13-5-4-11(10-12(13)15)17-14-16-6-7-18(14)8-9-19-2/h4-7,10H,3,8-9H2,1-2H3,(H,16,17). The minimum absolute atomic E-state index is 0.251. The minimum Gasteiger partial charge on any atom is -0.491 e. The molecule has 0 aliphatic carbocycles. The Morgan fingerprint density at radius 1 is 1.40 bits per heavy atom. The molecule has 1 aromatic heterocycles. The van der Waals surface area contributed by atoms with Gasteiger partial charge in [0, 0.05) is 37.8 Å². The number of aromatic nitrogens is 2. The normalized spacial score (nSPS) is 10.6. The van der Waals surface area contributed by atoms with E-state index >= 15 is 0 Å². The number of hydrogen-bond donors (Lipinski definition) is 1. The van der Waals surface area contributed by atoms with E-state index in [-0.39, 0.29) is 5.75 Å². The van der Waals surface area contributed by atoms with E-state index < -0.39 is 5.82 Å². The molecule has 0 atom stereocenters. The molecule has 0 saturated heterocycles. The Labute approximate surface area is 117 Å². The summed E-state index contributed by atoms with van der Waals surface area (Å²) in [4.78, 5) is 4.20. The lowest BCUT2D eigenvalue weighted by Crippen LogP contribution is -2.07. The monoisotopic (exact) mass is 279 g/mol. The van der Waals surface area contributed by atoms with Crippen molar-refractivity contribution in [3.05, 3.63) is 36.4 Å². The van der Waals surface area contributed by atoms with Crippen LogP contribution in [0.1, 0.15) is 6.92 Å². The third kappa shape index (κ3) is 3.48. The van der Waals surface area contributed by atoms with Crippen molar-refractivity contribution in [2.75, 3.05) is 25.6 Å². The first-order valence-electron chi connectivity index (χ1n) is 6.44. The Hall–Kier alpha value is -2.08. The highest BCUT2D eigenvalue weighted by Gasteiger charge is 2.07. The highest BCUT2D eigenvalue weighted by Crippen LogP contribution is 2.23. The lowest BCUT2D eigenvalue weighted by Gasteiger charge is -2.11. The van der Waals surface area contributed by atoms with E-state index in [0.717, 1.165) is 0 Å². The minimum atomic E-state index is -0.396. The Morgan fingerprint density at radius 2 is 2.25 bits per heavy atom. The van der Waals surface area contributed by atoms with E-state index in [1.54, 1.807) is 25.4 Å². The number of nitrogens with zero attached hydrogens (tertiary/aromatic N) is 2. The average Bonchev–Trinajstić information content (AvgIpc) is 2.87. The molecule has 1 aromatic carbocycles. The maximum atomic E-state index is 13.8. The van der Waals surface area contributed by atoms with E-state index in [4.69, 9.17) is 9.47 Å². The summed E-state index contributed by atoms with van der Waals surface area (Å²) in [5, 5.41) is 3.07. The van der Waals surface area contributed by atoms with E-state index in [2.05, 4.69) is 10.3 Å². The van der Waals surface area contributed by atoms with Crippen LogP contribution in [0.25, 0.3) is 0 Å². The van der Waals surface area contributed by atoms with Crippen LogP contribution >= 0.6 is 0 Å². The van der Waals surface area contributed by atoms with Crippen LogP contribution in [-0.4, -0.2) is 29.9 Å². The summed E-state index contributed by atoms with van der Waals surface area (Å²) < 4.78 is 25.9. The molecule has 2 rings (SSSR count). The van der Waals surface area contributed by atoms with E-state index in [0.29, 0.717) is 31.4 Å². The molecule has 20 heavy (non-hydrogen) atoms. The molecular weight excluding hydrogens is 261 g/mol. The van der Waals surface area contributed by atoms with Gasteiger partial charge in [0.2, 0.25) is 5.95 Å². The molecule has 0 radical (unpaired) electrons. The smallest absolute Gasteiger partial charge is 0.207 e. The van der Waals surface area contributed by atoms with Crippen molar-refractivity contribution in [1.82, 2.24) is 9.55 Å². The number of halogens is 1. The topological polar surface area (TPSA) is 48.3 Å². The van der Waals surface area contributed by atoms with Gasteiger partial charge in [0.15, 0.2) is 11.6 Å².